The van der Waals surface area contributed by atoms with Gasteiger partial charge in [0.05, 0.1) is 26.2 Å². The Morgan fingerprint density at radius 1 is 0.739 bits per heavy atom. The van der Waals surface area contributed by atoms with Crippen molar-refractivity contribution >= 4 is 64.8 Å². The molecule has 3 N–H and O–H groups in total. The lowest BCUT2D eigenvalue weighted by molar-refractivity contribution is -0.165. The molecular weight excluding hydrogens is 1130 g/mol. The van der Waals surface area contributed by atoms with E-state index in [2.05, 4.69) is 22.5 Å². The highest BCUT2D eigenvalue weighted by Gasteiger charge is 2.43. The lowest BCUT2D eigenvalue weighted by atomic mass is 9.87. The van der Waals surface area contributed by atoms with E-state index in [0.29, 0.717) is 67.0 Å². The number of unbranched alkanes of at least 4 members (excludes halogenated alkanes) is 1. The van der Waals surface area contributed by atoms with Gasteiger partial charge in [-0.25, -0.2) is 9.59 Å². The molecule has 5 atom stereocenters. The predicted molar refractivity (Wildman–Crippen MR) is 329 cm³/mol. The fourth-order valence-electron chi connectivity index (χ4n) is 10.6. The number of hydrogen-bond acceptors (Lipinski definition) is 14. The fraction of sp³-hybridized carbons (Fsp3) is 0.463. The highest BCUT2D eigenvalue weighted by atomic mass is 16.5. The normalized spacial score (nSPS) is 15.7. The minimum absolute atomic E-state index is 0.0663. The largest absolute Gasteiger partial charge is 0.493 e. The molecule has 2 aliphatic heterocycles. The summed E-state index contributed by atoms with van der Waals surface area (Å²) in [5.41, 5.74) is 2.37. The number of amides is 7. The number of methoxy groups -OCH3 is 2. The Bertz CT molecular complexity index is 3130. The number of rotatable bonds is 30. The summed E-state index contributed by atoms with van der Waals surface area (Å²) < 4.78 is 22.4. The number of carbonyl (C=O) groups excluding carboxylic acids is 10. The summed E-state index contributed by atoms with van der Waals surface area (Å²) in [5.74, 6) is -5.21. The van der Waals surface area contributed by atoms with Gasteiger partial charge in [0, 0.05) is 64.8 Å². The SMILES string of the molecule is C=CC(=O)OCC(C)(C)C(=O)C(=O)N1CCCCC1C(=O)O[C@H](CCc1ccc(OC)c(OC)c1)c1cccc(NC(=O)CCC(=O)N[C@H](C(=O)N[C@@H](Cc2ccc(C)cc2)C(=O)N2CCC[C@H]2C(=O)N(C)CC(=O)N(C)CCCC)c2ccccc2)c1. The van der Waals surface area contributed by atoms with Crippen LogP contribution in [0.25, 0.3) is 0 Å². The zero-order valence-electron chi connectivity index (χ0n) is 51.9. The molecular formula is C67H85N7O14. The van der Waals surface area contributed by atoms with E-state index in [-0.39, 0.29) is 70.2 Å². The van der Waals surface area contributed by atoms with Crippen molar-refractivity contribution in [3.05, 3.63) is 138 Å². The Labute approximate surface area is 515 Å². The van der Waals surface area contributed by atoms with Crippen molar-refractivity contribution in [2.75, 3.05) is 66.4 Å². The van der Waals surface area contributed by atoms with Crippen molar-refractivity contribution in [3.8, 4) is 11.5 Å². The van der Waals surface area contributed by atoms with Gasteiger partial charge in [-0.2, -0.15) is 0 Å². The Kier molecular flexibility index (Phi) is 25.4. The lowest BCUT2D eigenvalue weighted by Crippen LogP contribution is -2.56. The van der Waals surface area contributed by atoms with Gasteiger partial charge in [-0.3, -0.25) is 38.4 Å². The monoisotopic (exact) mass is 1210 g/mol. The minimum Gasteiger partial charge on any atom is -0.493 e. The zero-order chi connectivity index (χ0) is 64.1. The van der Waals surface area contributed by atoms with E-state index in [4.69, 9.17) is 18.9 Å². The predicted octanol–water partition coefficient (Wildman–Crippen LogP) is 6.95. The molecule has 21 heteroatoms. The highest BCUT2D eigenvalue weighted by Crippen LogP contribution is 2.33. The molecule has 6 rings (SSSR count). The number of piperidine rings is 1. The lowest BCUT2D eigenvalue weighted by Gasteiger charge is -2.36. The van der Waals surface area contributed by atoms with E-state index in [1.165, 1.54) is 42.8 Å². The molecule has 0 saturated carbocycles. The van der Waals surface area contributed by atoms with Crippen LogP contribution in [0.2, 0.25) is 0 Å². The molecule has 0 bridgehead atoms. The first-order valence-electron chi connectivity index (χ1n) is 30.0. The number of ether oxygens (including phenoxy) is 4. The van der Waals surface area contributed by atoms with E-state index < -0.39 is 82.9 Å². The number of benzene rings is 4. The van der Waals surface area contributed by atoms with Gasteiger partial charge in [0.25, 0.3) is 5.91 Å². The number of aryl methyl sites for hydroxylation is 2. The highest BCUT2D eigenvalue weighted by molar-refractivity contribution is 6.38. The molecule has 88 heavy (non-hydrogen) atoms. The van der Waals surface area contributed by atoms with Crippen LogP contribution in [0.15, 0.2) is 110 Å². The molecule has 4 aromatic carbocycles. The van der Waals surface area contributed by atoms with Crippen LogP contribution in [-0.4, -0.2) is 158 Å². The van der Waals surface area contributed by atoms with Crippen molar-refractivity contribution in [1.29, 1.82) is 0 Å². The van der Waals surface area contributed by atoms with Gasteiger partial charge >= 0.3 is 11.9 Å². The second-order valence-electron chi connectivity index (χ2n) is 23.1. The molecule has 7 amide bonds. The Morgan fingerprint density at radius 2 is 1.41 bits per heavy atom. The third-order valence-electron chi connectivity index (χ3n) is 15.8. The number of anilines is 1. The molecule has 0 aromatic heterocycles. The summed E-state index contributed by atoms with van der Waals surface area (Å²) in [7, 11) is 6.28. The first kappa shape index (κ1) is 68.2. The molecule has 21 nitrogen and oxygen atoms in total. The van der Waals surface area contributed by atoms with Crippen LogP contribution in [0.3, 0.4) is 0 Å². The van der Waals surface area contributed by atoms with Gasteiger partial charge in [-0.1, -0.05) is 98.3 Å². The van der Waals surface area contributed by atoms with Crippen LogP contribution in [0, 0.1) is 12.3 Å². The summed E-state index contributed by atoms with van der Waals surface area (Å²) >= 11 is 0. The Hall–Kier alpha value is -8.88. The van der Waals surface area contributed by atoms with Gasteiger partial charge in [0.2, 0.25) is 41.2 Å². The first-order valence-corrected chi connectivity index (χ1v) is 30.0. The standard InChI is InChI=1S/C67H85N7O14/c1-10-12-36-71(6)58(77)42-72(7)64(82)51-25-19-38-73(51)63(81)50(39-45-28-26-44(3)27-29-45)69-62(80)60(47-20-14-13-15-21-47)70-57(76)35-34-56(75)68-49-23-18-22-48(41-49)53(32-30-46-31-33-54(85-8)55(40-46)86-9)88-66(84)52-24-16-17-37-74(52)65(83)61(79)67(4,5)43-87-59(78)11-2/h11,13-15,18,20-23,26-29,31,33,40-41,50-53,60H,2,10,12,16-17,19,24-25,30,32,34-39,42-43H2,1,3-9H3,(H,68,75)(H,69,80)(H,70,76)/t50-,51-,52?,53+,60-/m0/s1. The third-order valence-corrected chi connectivity index (χ3v) is 15.8. The van der Waals surface area contributed by atoms with Crippen LogP contribution in [0.1, 0.15) is 125 Å². The van der Waals surface area contributed by atoms with Gasteiger partial charge in [0.15, 0.2) is 11.5 Å². The number of nitrogens with one attached hydrogen (secondary N) is 3. The maximum atomic E-state index is 14.7. The van der Waals surface area contributed by atoms with E-state index >= 15 is 0 Å². The number of esters is 2. The van der Waals surface area contributed by atoms with Gasteiger partial charge in [0.1, 0.15) is 36.9 Å². The molecule has 472 valence electrons. The molecule has 0 aliphatic carbocycles. The second kappa shape index (κ2) is 32.7. The number of hydrogen-bond donors (Lipinski definition) is 3. The van der Waals surface area contributed by atoms with Crippen molar-refractivity contribution in [2.24, 2.45) is 5.41 Å². The van der Waals surface area contributed by atoms with Crippen molar-refractivity contribution < 1.29 is 66.9 Å². The quantitative estimate of drug-likeness (QED) is 0.0271. The molecule has 0 radical (unpaired) electrons. The van der Waals surface area contributed by atoms with Crippen molar-refractivity contribution in [2.45, 2.75) is 135 Å². The van der Waals surface area contributed by atoms with Crippen LogP contribution in [-0.2, 0) is 70.3 Å². The molecule has 1 unspecified atom stereocenters. The summed E-state index contributed by atoms with van der Waals surface area (Å²) in [4.78, 5) is 143. The summed E-state index contributed by atoms with van der Waals surface area (Å²) in [6.07, 6.45) is 3.99. The van der Waals surface area contributed by atoms with E-state index in [1.54, 1.807) is 79.7 Å². The Balaban J connectivity index is 1.16. The average Bonchev–Trinajstić information content (AvgIpc) is 3.05. The second-order valence-corrected chi connectivity index (χ2v) is 23.1. The molecule has 2 heterocycles. The maximum Gasteiger partial charge on any atom is 0.330 e. The molecule has 2 fully saturated rings. The maximum absolute atomic E-state index is 14.7. The van der Waals surface area contributed by atoms with Crippen LogP contribution in [0.5, 0.6) is 11.5 Å². The van der Waals surface area contributed by atoms with E-state index in [1.807, 2.05) is 50.2 Å². The molecule has 0 spiro atoms. The van der Waals surface area contributed by atoms with Crippen molar-refractivity contribution in [3.63, 3.8) is 0 Å². The number of ketones is 1. The van der Waals surface area contributed by atoms with E-state index in [0.717, 1.165) is 35.6 Å². The van der Waals surface area contributed by atoms with E-state index in [9.17, 15) is 47.9 Å². The number of Topliss-reactive ketones (excluding diaryl/α,β-unsaturated/α-hetero) is 1. The van der Waals surface area contributed by atoms with Crippen LogP contribution >= 0.6 is 0 Å². The fourth-order valence-corrected chi connectivity index (χ4v) is 10.6. The summed E-state index contributed by atoms with van der Waals surface area (Å²) in [5, 5.41) is 8.53. The molecule has 2 saturated heterocycles. The summed E-state index contributed by atoms with van der Waals surface area (Å²) in [6, 6.07) is 23.6. The number of likely N-dealkylation sites (N-methyl/N-ethyl adjacent to an activating group) is 2. The summed E-state index contributed by atoms with van der Waals surface area (Å²) in [6.45, 7) is 10.7. The minimum atomic E-state index is -1.41. The van der Waals surface area contributed by atoms with Gasteiger partial charge < -0.3 is 54.5 Å². The van der Waals surface area contributed by atoms with Gasteiger partial charge in [-0.15, -0.1) is 0 Å². The third kappa shape index (κ3) is 19.1. The van der Waals surface area contributed by atoms with Crippen LogP contribution in [0.4, 0.5) is 5.69 Å². The first-order chi connectivity index (χ1) is 42.1. The smallest absolute Gasteiger partial charge is 0.330 e. The molecule has 4 aromatic rings. The number of likely N-dealkylation sites (tertiary alicyclic amines) is 2. The van der Waals surface area contributed by atoms with Crippen molar-refractivity contribution in [1.82, 2.24) is 30.2 Å². The zero-order valence-corrected chi connectivity index (χ0v) is 51.9. The number of carbonyl (C=O) groups is 10. The average molecular weight is 1210 g/mol. The number of nitrogens with zero attached hydrogens (tertiary/aromatic N) is 4. The van der Waals surface area contributed by atoms with Crippen LogP contribution < -0.4 is 25.4 Å². The van der Waals surface area contributed by atoms with Gasteiger partial charge in [-0.05, 0) is 119 Å². The molecule has 2 aliphatic rings. The topological polar surface area (TPSA) is 257 Å². The Morgan fingerprint density at radius 3 is 2.10 bits per heavy atom.